The number of fused-ring (bicyclic) bond motifs is 1. The number of primary amides is 1. The molecular weight excluding hydrogens is 362 g/mol. The number of ketones is 1. The number of nitro benzene ring substituents is 1. The number of carbonyl (C=O) groups excluding carboxylic acids is 2. The molecule has 8 nitrogen and oxygen atoms in total. The zero-order valence-electron chi connectivity index (χ0n) is 15.5. The molecule has 1 heterocycles. The molecule has 0 saturated heterocycles. The summed E-state index contributed by atoms with van der Waals surface area (Å²) >= 11 is 0. The first-order valence-corrected chi connectivity index (χ1v) is 8.95. The minimum absolute atomic E-state index is 0.0158. The van der Waals surface area contributed by atoms with E-state index < -0.39 is 22.8 Å². The van der Waals surface area contributed by atoms with E-state index in [1.54, 1.807) is 0 Å². The molecule has 0 fully saturated rings. The van der Waals surface area contributed by atoms with Crippen LogP contribution in [-0.2, 0) is 11.2 Å². The number of nitrogens with zero attached hydrogens (tertiary/aromatic N) is 2. The summed E-state index contributed by atoms with van der Waals surface area (Å²) in [7, 11) is 0. The van der Waals surface area contributed by atoms with Gasteiger partial charge in [0, 0.05) is 31.1 Å². The van der Waals surface area contributed by atoms with Crippen LogP contribution in [0.5, 0.6) is 5.75 Å². The minimum Gasteiger partial charge on any atom is -0.470 e. The molecule has 2 aromatic rings. The fourth-order valence-electron chi connectivity index (χ4n) is 3.39. The van der Waals surface area contributed by atoms with Gasteiger partial charge in [-0.2, -0.15) is 0 Å². The Labute approximate surface area is 162 Å². The molecule has 1 amide bonds. The molecule has 28 heavy (non-hydrogen) atoms. The van der Waals surface area contributed by atoms with E-state index in [1.165, 1.54) is 30.7 Å². The number of nitro groups is 1. The number of ether oxygens (including phenoxy) is 1. The van der Waals surface area contributed by atoms with Crippen molar-refractivity contribution in [2.45, 2.75) is 32.4 Å². The van der Waals surface area contributed by atoms with Crippen molar-refractivity contribution < 1.29 is 19.2 Å². The van der Waals surface area contributed by atoms with Crippen LogP contribution < -0.4 is 15.4 Å². The fraction of sp³-hybridized carbons (Fsp3) is 0.300. The van der Waals surface area contributed by atoms with Crippen molar-refractivity contribution in [1.82, 2.24) is 0 Å². The summed E-state index contributed by atoms with van der Waals surface area (Å²) in [4.78, 5) is 35.7. The Hall–Kier alpha value is -3.42. The Kier molecular flexibility index (Phi) is 5.58. The maximum Gasteiger partial charge on any atom is 0.280 e. The molecular formula is C20H21N3O5. The van der Waals surface area contributed by atoms with E-state index in [-0.39, 0.29) is 17.7 Å². The van der Waals surface area contributed by atoms with Gasteiger partial charge in [0.25, 0.3) is 5.69 Å². The normalized spacial score (nSPS) is 13.7. The number of benzene rings is 2. The molecule has 1 atom stereocenters. The van der Waals surface area contributed by atoms with Crippen molar-refractivity contribution in [2.75, 3.05) is 11.4 Å². The highest BCUT2D eigenvalue weighted by atomic mass is 16.6. The van der Waals surface area contributed by atoms with Gasteiger partial charge in [-0.05, 0) is 37.1 Å². The van der Waals surface area contributed by atoms with Crippen LogP contribution in [-0.4, -0.2) is 29.4 Å². The van der Waals surface area contributed by atoms with Gasteiger partial charge in [0.05, 0.1) is 10.5 Å². The highest BCUT2D eigenvalue weighted by Gasteiger charge is 2.28. The third-order valence-electron chi connectivity index (χ3n) is 4.72. The van der Waals surface area contributed by atoms with Crippen LogP contribution in [0, 0.1) is 10.1 Å². The van der Waals surface area contributed by atoms with Gasteiger partial charge in [-0.3, -0.25) is 19.7 Å². The molecule has 1 aliphatic heterocycles. The summed E-state index contributed by atoms with van der Waals surface area (Å²) in [5, 5.41) is 11.1. The van der Waals surface area contributed by atoms with Crippen molar-refractivity contribution in [3.8, 4) is 5.75 Å². The number of hydrogen-bond acceptors (Lipinski definition) is 6. The van der Waals surface area contributed by atoms with E-state index in [0.717, 1.165) is 18.7 Å². The molecule has 8 heteroatoms. The van der Waals surface area contributed by atoms with E-state index in [1.807, 2.05) is 29.2 Å². The van der Waals surface area contributed by atoms with Crippen LogP contribution in [0.3, 0.4) is 0 Å². The largest absolute Gasteiger partial charge is 0.470 e. The van der Waals surface area contributed by atoms with Crippen molar-refractivity contribution in [2.24, 2.45) is 5.73 Å². The summed E-state index contributed by atoms with van der Waals surface area (Å²) in [6.45, 7) is 1.99. The zero-order chi connectivity index (χ0) is 20.3. The summed E-state index contributed by atoms with van der Waals surface area (Å²) in [6.07, 6.45) is 0.856. The maximum atomic E-state index is 11.8. The van der Waals surface area contributed by atoms with E-state index in [4.69, 9.17) is 10.5 Å². The third-order valence-corrected chi connectivity index (χ3v) is 4.72. The topological polar surface area (TPSA) is 116 Å². The van der Waals surface area contributed by atoms with E-state index in [2.05, 4.69) is 0 Å². The second kappa shape index (κ2) is 8.08. The van der Waals surface area contributed by atoms with Gasteiger partial charge < -0.3 is 15.4 Å². The SMILES string of the molecule is CC(=O)c1cc(OC(CCC(N)=O)N2CCc3ccccc32)ccc1[N+](=O)[O-]. The number of hydrogen-bond donors (Lipinski definition) is 1. The lowest BCUT2D eigenvalue weighted by molar-refractivity contribution is -0.385. The van der Waals surface area contributed by atoms with Crippen molar-refractivity contribution >= 4 is 23.1 Å². The molecule has 0 saturated carbocycles. The van der Waals surface area contributed by atoms with Gasteiger partial charge in [0.2, 0.25) is 5.91 Å². The summed E-state index contributed by atoms with van der Waals surface area (Å²) in [5.74, 6) is -0.527. The third kappa shape index (κ3) is 4.11. The number of para-hydroxylation sites is 1. The minimum atomic E-state index is -0.595. The second-order valence-corrected chi connectivity index (χ2v) is 6.64. The lowest BCUT2D eigenvalue weighted by Gasteiger charge is -2.30. The maximum absolute atomic E-state index is 11.8. The van der Waals surface area contributed by atoms with Crippen molar-refractivity contribution in [1.29, 1.82) is 0 Å². The number of amides is 1. The molecule has 1 unspecified atom stereocenters. The molecule has 0 aromatic heterocycles. The first-order chi connectivity index (χ1) is 13.4. The molecule has 0 spiro atoms. The van der Waals surface area contributed by atoms with Crippen LogP contribution in [0.4, 0.5) is 11.4 Å². The van der Waals surface area contributed by atoms with Gasteiger partial charge in [-0.25, -0.2) is 0 Å². The van der Waals surface area contributed by atoms with Crippen LogP contribution in [0.15, 0.2) is 42.5 Å². The standard InChI is InChI=1S/C20H21N3O5/c1-13(24)16-12-15(6-7-18(16)23(26)27)28-20(9-8-19(21)25)22-11-10-14-4-2-3-5-17(14)22/h2-7,12,20H,8-11H2,1H3,(H2,21,25). The quantitative estimate of drug-likeness (QED) is 0.426. The molecule has 2 N–H and O–H groups in total. The number of Topliss-reactive ketones (excluding diaryl/α,β-unsaturated/α-hetero) is 1. The van der Waals surface area contributed by atoms with E-state index in [9.17, 15) is 19.7 Å². The van der Waals surface area contributed by atoms with E-state index >= 15 is 0 Å². The fourth-order valence-corrected chi connectivity index (χ4v) is 3.39. The lowest BCUT2D eigenvalue weighted by atomic mass is 10.1. The Bertz CT molecular complexity index is 928. The summed E-state index contributed by atoms with van der Waals surface area (Å²) in [6, 6.07) is 12.0. The van der Waals surface area contributed by atoms with Gasteiger partial charge in [-0.1, -0.05) is 18.2 Å². The number of carbonyl (C=O) groups is 2. The molecule has 1 aliphatic rings. The molecule has 3 rings (SSSR count). The predicted molar refractivity (Wildman–Crippen MR) is 103 cm³/mol. The molecule has 0 radical (unpaired) electrons. The second-order valence-electron chi connectivity index (χ2n) is 6.64. The number of anilines is 1. The van der Waals surface area contributed by atoms with Crippen LogP contribution in [0.2, 0.25) is 0 Å². The Balaban J connectivity index is 1.90. The highest BCUT2D eigenvalue weighted by Crippen LogP contribution is 2.32. The summed E-state index contributed by atoms with van der Waals surface area (Å²) in [5.41, 5.74) is 7.23. The monoisotopic (exact) mass is 383 g/mol. The first-order valence-electron chi connectivity index (χ1n) is 8.95. The predicted octanol–water partition coefficient (Wildman–Crippen LogP) is 2.83. The molecule has 146 valence electrons. The van der Waals surface area contributed by atoms with Gasteiger partial charge in [0.15, 0.2) is 12.0 Å². The summed E-state index contributed by atoms with van der Waals surface area (Å²) < 4.78 is 6.07. The number of nitrogens with two attached hydrogens (primary N) is 1. The average Bonchev–Trinajstić information content (AvgIpc) is 3.08. The average molecular weight is 383 g/mol. The molecule has 0 bridgehead atoms. The lowest BCUT2D eigenvalue weighted by Crippen LogP contribution is -2.39. The van der Waals surface area contributed by atoms with Crippen molar-refractivity contribution in [3.05, 3.63) is 63.7 Å². The van der Waals surface area contributed by atoms with Gasteiger partial charge in [0.1, 0.15) is 5.75 Å². The van der Waals surface area contributed by atoms with Gasteiger partial charge in [-0.15, -0.1) is 0 Å². The molecule has 2 aromatic carbocycles. The van der Waals surface area contributed by atoms with Gasteiger partial charge >= 0.3 is 0 Å². The van der Waals surface area contributed by atoms with Crippen LogP contribution in [0.25, 0.3) is 0 Å². The van der Waals surface area contributed by atoms with E-state index in [0.29, 0.717) is 12.2 Å². The Morgan fingerprint density at radius 1 is 1.29 bits per heavy atom. The smallest absolute Gasteiger partial charge is 0.280 e. The van der Waals surface area contributed by atoms with Crippen LogP contribution >= 0.6 is 0 Å². The zero-order valence-corrected chi connectivity index (χ0v) is 15.5. The Morgan fingerprint density at radius 2 is 2.04 bits per heavy atom. The Morgan fingerprint density at radius 3 is 2.71 bits per heavy atom. The van der Waals surface area contributed by atoms with Crippen molar-refractivity contribution in [3.63, 3.8) is 0 Å². The van der Waals surface area contributed by atoms with Crippen LogP contribution in [0.1, 0.15) is 35.7 Å². The molecule has 0 aliphatic carbocycles. The number of rotatable bonds is 8. The highest BCUT2D eigenvalue weighted by molar-refractivity contribution is 5.98. The first kappa shape index (κ1) is 19.3.